The van der Waals surface area contributed by atoms with E-state index >= 15 is 0 Å². The maximum atomic E-state index is 10.4. The van der Waals surface area contributed by atoms with Crippen molar-refractivity contribution < 1.29 is 9.76 Å². The Labute approximate surface area is 187 Å². The fourth-order valence-corrected chi connectivity index (χ4v) is 4.13. The Bertz CT molecular complexity index is 1220. The van der Waals surface area contributed by atoms with Crippen molar-refractivity contribution in [1.82, 2.24) is 0 Å². The number of aliphatic hydroxyl groups is 1. The van der Waals surface area contributed by atoms with Crippen molar-refractivity contribution in [2.24, 2.45) is 0 Å². The second-order valence-electron chi connectivity index (χ2n) is 8.82. The van der Waals surface area contributed by atoms with Crippen LogP contribution in [0.3, 0.4) is 0 Å². The Hall–Kier alpha value is -2.14. The molecule has 0 heterocycles. The third-order valence-electron chi connectivity index (χ3n) is 6.24. The molecule has 152 valence electrons. The lowest BCUT2D eigenvalue weighted by Crippen LogP contribution is -2.49. The van der Waals surface area contributed by atoms with Gasteiger partial charge in [-0.05, 0) is 71.9 Å². The Kier molecular flexibility index (Phi) is 5.52. The summed E-state index contributed by atoms with van der Waals surface area (Å²) in [6.45, 7) is 7.43. The normalized spacial score (nSPS) is 12.5. The summed E-state index contributed by atoms with van der Waals surface area (Å²) in [4.78, 5) is 0. The molecule has 0 aliphatic heterocycles. The van der Waals surface area contributed by atoms with E-state index < -0.39 is 11.2 Å². The molecule has 0 aromatic heterocycles. The molecular weight excluding hydrogens is 435 g/mol. The summed E-state index contributed by atoms with van der Waals surface area (Å²) < 4.78 is 7.27. The Morgan fingerprint density at radius 3 is 1.80 bits per heavy atom. The molecule has 1 N–H and O–H groups in total. The van der Waals surface area contributed by atoms with Gasteiger partial charge in [0, 0.05) is 4.47 Å². The van der Waals surface area contributed by atoms with Crippen LogP contribution in [0, 0.1) is 0 Å². The molecule has 0 aliphatic carbocycles. The van der Waals surface area contributed by atoms with Gasteiger partial charge in [0.15, 0.2) is 0 Å². The molecule has 4 rings (SSSR count). The van der Waals surface area contributed by atoms with E-state index in [1.165, 1.54) is 32.7 Å². The predicted octanol–water partition coefficient (Wildman–Crippen LogP) is 5.97. The topological polar surface area (TPSA) is 29.5 Å². The number of benzene rings is 4. The lowest BCUT2D eigenvalue weighted by atomic mass is 9.79. The molecule has 0 radical (unpaired) electrons. The van der Waals surface area contributed by atoms with Crippen LogP contribution in [0.1, 0.15) is 27.7 Å². The first-order valence-electron chi connectivity index (χ1n) is 10.2. The number of halogens is 1. The first-order valence-corrected chi connectivity index (χ1v) is 11.0. The zero-order valence-corrected chi connectivity index (χ0v) is 19.5. The van der Waals surface area contributed by atoms with Gasteiger partial charge >= 0.3 is 7.48 Å². The molecule has 2 nitrogen and oxygen atoms in total. The fraction of sp³-hybridized carbons (Fsp3) is 0.231. The number of hydrogen-bond donors (Lipinski definition) is 1. The van der Waals surface area contributed by atoms with Crippen LogP contribution >= 0.6 is 15.9 Å². The molecule has 0 saturated heterocycles. The van der Waals surface area contributed by atoms with Gasteiger partial charge in [0.2, 0.25) is 0 Å². The summed E-state index contributed by atoms with van der Waals surface area (Å²) >= 11 is 3.68. The zero-order valence-electron chi connectivity index (χ0n) is 17.9. The monoisotopic (exact) mass is 460 g/mol. The van der Waals surface area contributed by atoms with Crippen molar-refractivity contribution >= 4 is 50.4 Å². The average molecular weight is 461 g/mol. The van der Waals surface area contributed by atoms with Gasteiger partial charge in [0.25, 0.3) is 0 Å². The summed E-state index contributed by atoms with van der Waals surface area (Å²) in [5.41, 5.74) is 1.95. The first kappa shape index (κ1) is 21.1. The average Bonchev–Trinajstić information content (AvgIpc) is 2.72. The van der Waals surface area contributed by atoms with Crippen LogP contribution in [0.15, 0.2) is 77.3 Å². The van der Waals surface area contributed by atoms with E-state index in [4.69, 9.17) is 4.65 Å². The van der Waals surface area contributed by atoms with E-state index in [1.54, 1.807) is 13.8 Å². The van der Waals surface area contributed by atoms with E-state index in [2.05, 4.69) is 88.7 Å². The lowest BCUT2D eigenvalue weighted by molar-refractivity contribution is -0.0893. The quantitative estimate of drug-likeness (QED) is 0.372. The molecule has 0 amide bonds. The largest absolute Gasteiger partial charge is 0.427 e. The number of hydrogen-bond acceptors (Lipinski definition) is 2. The molecule has 0 unspecified atom stereocenters. The van der Waals surface area contributed by atoms with E-state index in [9.17, 15) is 5.11 Å². The highest BCUT2D eigenvalue weighted by atomic mass is 79.9. The highest BCUT2D eigenvalue weighted by Crippen LogP contribution is 2.36. The summed E-state index contributed by atoms with van der Waals surface area (Å²) in [6, 6.07) is 25.6. The molecule has 4 heteroatoms. The highest BCUT2D eigenvalue weighted by molar-refractivity contribution is 9.10. The van der Waals surface area contributed by atoms with Gasteiger partial charge in [-0.1, -0.05) is 82.7 Å². The molecule has 0 atom stereocenters. The fourth-order valence-electron chi connectivity index (χ4n) is 3.65. The zero-order chi connectivity index (χ0) is 21.5. The third-order valence-corrected chi connectivity index (χ3v) is 6.93. The van der Waals surface area contributed by atoms with Gasteiger partial charge in [-0.25, -0.2) is 0 Å². The van der Waals surface area contributed by atoms with Gasteiger partial charge in [-0.3, -0.25) is 0 Å². The van der Waals surface area contributed by atoms with E-state index in [-0.39, 0.29) is 0 Å². The third kappa shape index (κ3) is 3.80. The molecule has 4 aromatic carbocycles. The van der Waals surface area contributed by atoms with Crippen LogP contribution < -0.4 is 5.46 Å². The van der Waals surface area contributed by atoms with Crippen LogP contribution in [-0.2, 0) is 4.65 Å². The van der Waals surface area contributed by atoms with E-state index in [1.807, 2.05) is 13.8 Å². The molecule has 4 aromatic rings. The molecule has 0 bridgehead atoms. The van der Waals surface area contributed by atoms with Crippen molar-refractivity contribution in [3.05, 3.63) is 77.3 Å². The minimum atomic E-state index is -0.931. The van der Waals surface area contributed by atoms with Gasteiger partial charge in [-0.2, -0.15) is 0 Å². The Morgan fingerprint density at radius 2 is 1.20 bits per heavy atom. The Morgan fingerprint density at radius 1 is 0.700 bits per heavy atom. The Balaban J connectivity index is 1.82. The van der Waals surface area contributed by atoms with Crippen molar-refractivity contribution in [3.63, 3.8) is 0 Å². The van der Waals surface area contributed by atoms with Crippen LogP contribution in [0.4, 0.5) is 0 Å². The summed E-state index contributed by atoms with van der Waals surface area (Å²) in [5, 5.41) is 15.2. The van der Waals surface area contributed by atoms with Gasteiger partial charge in [-0.15, -0.1) is 0 Å². The van der Waals surface area contributed by atoms with Crippen LogP contribution in [0.5, 0.6) is 0 Å². The SMILES string of the molecule is CC(C)(O)C(C)(C)OBc1ccc(-c2ccc(Br)c3ccccc23)c2ccccc12. The first-order chi connectivity index (χ1) is 14.2. The molecule has 30 heavy (non-hydrogen) atoms. The summed E-state index contributed by atoms with van der Waals surface area (Å²) in [6.07, 6.45) is 0. The van der Waals surface area contributed by atoms with Crippen LogP contribution in [0.2, 0.25) is 0 Å². The second kappa shape index (κ2) is 7.84. The maximum Gasteiger partial charge on any atom is 0.310 e. The van der Waals surface area contributed by atoms with Crippen molar-refractivity contribution in [2.75, 3.05) is 0 Å². The summed E-state index contributed by atoms with van der Waals surface area (Å²) in [7, 11) is 0.443. The predicted molar refractivity (Wildman–Crippen MR) is 133 cm³/mol. The van der Waals surface area contributed by atoms with Crippen LogP contribution in [0.25, 0.3) is 32.7 Å². The second-order valence-corrected chi connectivity index (χ2v) is 9.67. The molecule has 0 aliphatic rings. The van der Waals surface area contributed by atoms with E-state index in [0.717, 1.165) is 9.94 Å². The highest BCUT2D eigenvalue weighted by Gasteiger charge is 2.35. The lowest BCUT2D eigenvalue weighted by Gasteiger charge is -2.37. The molecular formula is C26H26BBrO2. The smallest absolute Gasteiger partial charge is 0.310 e. The molecule has 0 spiro atoms. The number of rotatable bonds is 5. The minimum absolute atomic E-state index is 0.443. The van der Waals surface area contributed by atoms with Gasteiger partial charge < -0.3 is 9.76 Å². The summed E-state index contributed by atoms with van der Waals surface area (Å²) in [5.74, 6) is 0. The van der Waals surface area contributed by atoms with Gasteiger partial charge in [0.05, 0.1) is 11.2 Å². The minimum Gasteiger partial charge on any atom is -0.427 e. The standard InChI is InChI=1S/C26H26BBrO2/c1-25(2,29)26(3,4)30-27-23-15-13-19(17-9-5-7-11-21(17)23)20-14-16-24(28)22-12-8-6-10-18(20)22/h5-16,27,29H,1-4H3. The van der Waals surface area contributed by atoms with Crippen LogP contribution in [-0.4, -0.2) is 23.8 Å². The maximum absolute atomic E-state index is 10.4. The van der Waals surface area contributed by atoms with Gasteiger partial charge in [0.1, 0.15) is 0 Å². The molecule has 0 saturated carbocycles. The van der Waals surface area contributed by atoms with Crippen molar-refractivity contribution in [1.29, 1.82) is 0 Å². The van der Waals surface area contributed by atoms with Crippen molar-refractivity contribution in [3.8, 4) is 11.1 Å². The number of fused-ring (bicyclic) bond motifs is 2. The molecule has 0 fully saturated rings. The van der Waals surface area contributed by atoms with Crippen molar-refractivity contribution in [2.45, 2.75) is 38.9 Å². The van der Waals surface area contributed by atoms with E-state index in [0.29, 0.717) is 7.48 Å².